The average Bonchev–Trinajstić information content (AvgIpc) is 2.82. The summed E-state index contributed by atoms with van der Waals surface area (Å²) in [5.41, 5.74) is 2.20. The van der Waals surface area contributed by atoms with Crippen molar-refractivity contribution in [2.45, 2.75) is 33.7 Å². The second-order valence-corrected chi connectivity index (χ2v) is 6.28. The van der Waals surface area contributed by atoms with Crippen molar-refractivity contribution in [2.75, 3.05) is 11.8 Å². The molecule has 2 nitrogen and oxygen atoms in total. The number of para-hydroxylation sites is 1. The predicted octanol–water partition coefficient (Wildman–Crippen LogP) is 4.72. The molecule has 0 radical (unpaired) electrons. The number of nitrogens with zero attached hydrogens (tertiary/aromatic N) is 2. The van der Waals surface area contributed by atoms with Gasteiger partial charge in [-0.25, -0.2) is 0 Å². The molecule has 0 spiro atoms. The van der Waals surface area contributed by atoms with Gasteiger partial charge < -0.3 is 0 Å². The lowest BCUT2D eigenvalue weighted by molar-refractivity contribution is 0.256. The van der Waals surface area contributed by atoms with Crippen LogP contribution in [0.15, 0.2) is 24.3 Å². The van der Waals surface area contributed by atoms with Gasteiger partial charge in [0.2, 0.25) is 0 Å². The molecular weight excluding hydrogens is 291 g/mol. The summed E-state index contributed by atoms with van der Waals surface area (Å²) in [5.74, 6) is 1.53. The van der Waals surface area contributed by atoms with Crippen LogP contribution >= 0.6 is 23.2 Å². The standard InChI is InChI=1S/C16H22Cl2N2/c1-4-20-15-8-6-5-7-13(15)14(19-20)9-16(10-17,11-18)12(2)3/h5-8,12H,4,9-11H2,1-3H3. The van der Waals surface area contributed by atoms with E-state index in [1.54, 1.807) is 0 Å². The fourth-order valence-corrected chi connectivity index (χ4v) is 3.64. The lowest BCUT2D eigenvalue weighted by Gasteiger charge is -2.33. The van der Waals surface area contributed by atoms with Crippen molar-refractivity contribution >= 4 is 34.1 Å². The fourth-order valence-electron chi connectivity index (χ4n) is 2.54. The van der Waals surface area contributed by atoms with Crippen LogP contribution in [0.25, 0.3) is 10.9 Å². The van der Waals surface area contributed by atoms with Gasteiger partial charge in [0.25, 0.3) is 0 Å². The van der Waals surface area contributed by atoms with Crippen molar-refractivity contribution in [1.29, 1.82) is 0 Å². The highest BCUT2D eigenvalue weighted by molar-refractivity contribution is 6.21. The Morgan fingerprint density at radius 1 is 1.20 bits per heavy atom. The molecule has 2 aromatic rings. The Morgan fingerprint density at radius 3 is 2.40 bits per heavy atom. The van der Waals surface area contributed by atoms with Gasteiger partial charge in [0.15, 0.2) is 0 Å². The second-order valence-electron chi connectivity index (χ2n) is 5.74. The largest absolute Gasteiger partial charge is 0.265 e. The van der Waals surface area contributed by atoms with Crippen LogP contribution in [0.5, 0.6) is 0 Å². The first-order valence-electron chi connectivity index (χ1n) is 7.14. The maximum absolute atomic E-state index is 6.24. The van der Waals surface area contributed by atoms with Gasteiger partial charge in [-0.05, 0) is 18.9 Å². The molecule has 1 aromatic heterocycles. The van der Waals surface area contributed by atoms with Crippen molar-refractivity contribution < 1.29 is 0 Å². The highest BCUT2D eigenvalue weighted by Gasteiger charge is 2.34. The summed E-state index contributed by atoms with van der Waals surface area (Å²) in [4.78, 5) is 0. The first-order valence-corrected chi connectivity index (χ1v) is 8.21. The normalized spacial score (nSPS) is 12.5. The smallest absolute Gasteiger partial charge is 0.0709 e. The summed E-state index contributed by atoms with van der Waals surface area (Å²) in [7, 11) is 0. The van der Waals surface area contributed by atoms with Gasteiger partial charge in [0.05, 0.1) is 11.2 Å². The summed E-state index contributed by atoms with van der Waals surface area (Å²) < 4.78 is 2.05. The molecule has 0 bridgehead atoms. The van der Waals surface area contributed by atoms with Crippen LogP contribution in [0.1, 0.15) is 26.5 Å². The number of fused-ring (bicyclic) bond motifs is 1. The van der Waals surface area contributed by atoms with Crippen molar-refractivity contribution in [3.8, 4) is 0 Å². The molecule has 0 fully saturated rings. The van der Waals surface area contributed by atoms with Gasteiger partial charge in [-0.15, -0.1) is 23.2 Å². The number of alkyl halides is 2. The molecule has 0 unspecified atom stereocenters. The summed E-state index contributed by atoms with van der Waals surface area (Å²) in [6.07, 6.45) is 0.825. The van der Waals surface area contributed by atoms with Crippen molar-refractivity contribution in [2.24, 2.45) is 11.3 Å². The molecule has 0 aliphatic rings. The number of hydrogen-bond donors (Lipinski definition) is 0. The Kier molecular flexibility index (Phi) is 4.98. The van der Waals surface area contributed by atoms with Crippen LogP contribution in [0.3, 0.4) is 0 Å². The highest BCUT2D eigenvalue weighted by atomic mass is 35.5. The molecule has 1 heterocycles. The molecule has 0 aliphatic carbocycles. The molecule has 0 N–H and O–H groups in total. The maximum atomic E-state index is 6.24. The predicted molar refractivity (Wildman–Crippen MR) is 87.8 cm³/mol. The quantitative estimate of drug-likeness (QED) is 0.706. The first kappa shape index (κ1) is 15.7. The molecule has 2 rings (SSSR count). The van der Waals surface area contributed by atoms with Crippen LogP contribution in [0.2, 0.25) is 0 Å². The van der Waals surface area contributed by atoms with Gasteiger partial charge in [0, 0.05) is 35.5 Å². The SMILES string of the molecule is CCn1nc(CC(CCl)(CCl)C(C)C)c2ccccc21. The van der Waals surface area contributed by atoms with E-state index in [1.807, 2.05) is 0 Å². The second kappa shape index (κ2) is 6.36. The van der Waals surface area contributed by atoms with Crippen LogP contribution < -0.4 is 0 Å². The van der Waals surface area contributed by atoms with E-state index in [4.69, 9.17) is 28.3 Å². The van der Waals surface area contributed by atoms with Gasteiger partial charge in [-0.3, -0.25) is 4.68 Å². The summed E-state index contributed by atoms with van der Waals surface area (Å²) in [6.45, 7) is 7.35. The number of rotatable bonds is 6. The highest BCUT2D eigenvalue weighted by Crippen LogP contribution is 2.36. The molecule has 0 amide bonds. The Balaban J connectivity index is 2.48. The number of aromatic nitrogens is 2. The fraction of sp³-hybridized carbons (Fsp3) is 0.562. The molecule has 110 valence electrons. The molecule has 20 heavy (non-hydrogen) atoms. The van der Waals surface area contributed by atoms with Crippen molar-refractivity contribution in [1.82, 2.24) is 9.78 Å². The van der Waals surface area contributed by atoms with Gasteiger partial charge >= 0.3 is 0 Å². The molecule has 0 saturated heterocycles. The Bertz CT molecular complexity index is 571. The Hall–Kier alpha value is -0.730. The topological polar surface area (TPSA) is 17.8 Å². The van der Waals surface area contributed by atoms with Crippen LogP contribution in [0.4, 0.5) is 0 Å². The van der Waals surface area contributed by atoms with E-state index in [2.05, 4.69) is 49.7 Å². The van der Waals surface area contributed by atoms with E-state index in [0.717, 1.165) is 18.7 Å². The Morgan fingerprint density at radius 2 is 1.85 bits per heavy atom. The summed E-state index contributed by atoms with van der Waals surface area (Å²) >= 11 is 12.5. The summed E-state index contributed by atoms with van der Waals surface area (Å²) in [5, 5.41) is 5.99. The van der Waals surface area contributed by atoms with Crippen molar-refractivity contribution in [3.05, 3.63) is 30.0 Å². The van der Waals surface area contributed by atoms with E-state index in [0.29, 0.717) is 17.7 Å². The van der Waals surface area contributed by atoms with Gasteiger partial charge in [-0.2, -0.15) is 5.10 Å². The minimum atomic E-state index is -0.0984. The Labute approximate surface area is 131 Å². The molecule has 0 saturated carbocycles. The van der Waals surface area contributed by atoms with E-state index in [9.17, 15) is 0 Å². The monoisotopic (exact) mass is 312 g/mol. The van der Waals surface area contributed by atoms with E-state index in [1.165, 1.54) is 10.9 Å². The zero-order chi connectivity index (χ0) is 14.8. The lowest BCUT2D eigenvalue weighted by atomic mass is 9.76. The zero-order valence-electron chi connectivity index (χ0n) is 12.4. The van der Waals surface area contributed by atoms with E-state index >= 15 is 0 Å². The van der Waals surface area contributed by atoms with Crippen LogP contribution in [-0.4, -0.2) is 21.5 Å². The maximum Gasteiger partial charge on any atom is 0.0709 e. The van der Waals surface area contributed by atoms with Crippen LogP contribution in [0, 0.1) is 11.3 Å². The first-order chi connectivity index (χ1) is 9.57. The molecule has 0 atom stereocenters. The van der Waals surface area contributed by atoms with Crippen LogP contribution in [-0.2, 0) is 13.0 Å². The zero-order valence-corrected chi connectivity index (χ0v) is 13.9. The number of benzene rings is 1. The molecule has 0 aliphatic heterocycles. The van der Waals surface area contributed by atoms with Gasteiger partial charge in [-0.1, -0.05) is 32.0 Å². The molecular formula is C16H22Cl2N2. The lowest BCUT2D eigenvalue weighted by Crippen LogP contribution is -2.34. The third-order valence-corrected chi connectivity index (χ3v) is 5.38. The minimum Gasteiger partial charge on any atom is -0.265 e. The number of halogens is 2. The van der Waals surface area contributed by atoms with Crippen molar-refractivity contribution in [3.63, 3.8) is 0 Å². The van der Waals surface area contributed by atoms with E-state index in [-0.39, 0.29) is 5.41 Å². The average molecular weight is 313 g/mol. The summed E-state index contributed by atoms with van der Waals surface area (Å²) in [6, 6.07) is 8.37. The van der Waals surface area contributed by atoms with E-state index < -0.39 is 0 Å². The number of aryl methyl sites for hydroxylation is 1. The van der Waals surface area contributed by atoms with Gasteiger partial charge in [0.1, 0.15) is 0 Å². The molecule has 4 heteroatoms. The minimum absolute atomic E-state index is 0.0984. The third-order valence-electron chi connectivity index (χ3n) is 4.31. The number of hydrogen-bond acceptors (Lipinski definition) is 1. The third kappa shape index (κ3) is 2.68. The molecule has 1 aromatic carbocycles.